The number of sulfonamides is 1. The van der Waals surface area contributed by atoms with Crippen LogP contribution in [-0.4, -0.2) is 26.0 Å². The van der Waals surface area contributed by atoms with Crippen LogP contribution in [0.25, 0.3) is 0 Å². The molecule has 1 saturated carbocycles. The third-order valence-electron chi connectivity index (χ3n) is 3.93. The van der Waals surface area contributed by atoms with E-state index in [-0.39, 0.29) is 6.04 Å². The number of hydrogen-bond donors (Lipinski definition) is 2. The van der Waals surface area contributed by atoms with Gasteiger partial charge in [0.25, 0.3) is 0 Å². The zero-order valence-electron chi connectivity index (χ0n) is 11.9. The van der Waals surface area contributed by atoms with E-state index in [1.807, 2.05) is 6.26 Å². The van der Waals surface area contributed by atoms with E-state index < -0.39 is 10.0 Å². The van der Waals surface area contributed by atoms with Crippen LogP contribution in [0.5, 0.6) is 0 Å². The molecule has 6 heteroatoms. The highest BCUT2D eigenvalue weighted by molar-refractivity contribution is 7.99. The van der Waals surface area contributed by atoms with Crippen molar-refractivity contribution in [3.8, 4) is 0 Å². The lowest BCUT2D eigenvalue weighted by Gasteiger charge is -2.30. The number of anilines is 1. The van der Waals surface area contributed by atoms with E-state index in [0.717, 1.165) is 19.3 Å². The third kappa shape index (κ3) is 3.30. The molecular formula is C14H22N2O2S2. The van der Waals surface area contributed by atoms with E-state index >= 15 is 0 Å². The molecule has 112 valence electrons. The Bertz CT molecular complexity index is 573. The van der Waals surface area contributed by atoms with Gasteiger partial charge < -0.3 is 5.73 Å². The molecule has 1 aliphatic rings. The van der Waals surface area contributed by atoms with Crippen LogP contribution in [0.2, 0.25) is 0 Å². The van der Waals surface area contributed by atoms with Gasteiger partial charge in [0, 0.05) is 17.0 Å². The average molecular weight is 314 g/mol. The first-order valence-corrected chi connectivity index (χ1v) is 9.63. The minimum Gasteiger partial charge on any atom is -0.398 e. The molecule has 0 aliphatic heterocycles. The molecule has 1 fully saturated rings. The number of benzene rings is 1. The lowest BCUT2D eigenvalue weighted by Crippen LogP contribution is -2.43. The van der Waals surface area contributed by atoms with E-state index in [4.69, 9.17) is 5.73 Å². The van der Waals surface area contributed by atoms with E-state index in [1.54, 1.807) is 36.9 Å². The summed E-state index contributed by atoms with van der Waals surface area (Å²) in [6.45, 7) is 1.75. The van der Waals surface area contributed by atoms with Crippen molar-refractivity contribution in [1.82, 2.24) is 4.72 Å². The molecular weight excluding hydrogens is 292 g/mol. The molecule has 0 heterocycles. The summed E-state index contributed by atoms with van der Waals surface area (Å²) in [6, 6.07) is 5.04. The van der Waals surface area contributed by atoms with E-state index in [9.17, 15) is 8.42 Å². The summed E-state index contributed by atoms with van der Waals surface area (Å²) in [5.41, 5.74) is 6.94. The van der Waals surface area contributed by atoms with E-state index in [2.05, 4.69) is 4.72 Å². The van der Waals surface area contributed by atoms with Crippen LogP contribution in [0, 0.1) is 6.92 Å². The lowest BCUT2D eigenvalue weighted by atomic mass is 9.96. The van der Waals surface area contributed by atoms with Crippen molar-refractivity contribution in [2.45, 2.75) is 48.8 Å². The van der Waals surface area contributed by atoms with Crippen LogP contribution in [-0.2, 0) is 10.0 Å². The highest BCUT2D eigenvalue weighted by Gasteiger charge is 2.29. The van der Waals surface area contributed by atoms with Crippen molar-refractivity contribution >= 4 is 27.5 Å². The maximum atomic E-state index is 12.6. The Morgan fingerprint density at radius 3 is 2.70 bits per heavy atom. The molecule has 0 bridgehead atoms. The molecule has 0 saturated heterocycles. The van der Waals surface area contributed by atoms with Gasteiger partial charge in [0.15, 0.2) is 0 Å². The molecule has 2 atom stereocenters. The SMILES string of the molecule is CSC1CCCCC1NS(=O)(=O)c1cccc(N)c1C. The van der Waals surface area contributed by atoms with Gasteiger partial charge in [-0.15, -0.1) is 0 Å². The van der Waals surface area contributed by atoms with Crippen LogP contribution in [0.3, 0.4) is 0 Å². The zero-order valence-corrected chi connectivity index (χ0v) is 13.6. The summed E-state index contributed by atoms with van der Waals surface area (Å²) >= 11 is 1.75. The van der Waals surface area contributed by atoms with Gasteiger partial charge in [0.1, 0.15) is 0 Å². The smallest absolute Gasteiger partial charge is 0.241 e. The Labute approximate surface area is 125 Å². The Kier molecular flexibility index (Phi) is 4.99. The minimum absolute atomic E-state index is 0.0181. The lowest BCUT2D eigenvalue weighted by molar-refractivity contribution is 0.423. The molecule has 4 nitrogen and oxygen atoms in total. The van der Waals surface area contributed by atoms with Crippen LogP contribution in [0.4, 0.5) is 5.69 Å². The number of nitrogens with two attached hydrogens (primary N) is 1. The van der Waals surface area contributed by atoms with Gasteiger partial charge in [0.2, 0.25) is 10.0 Å². The molecule has 3 N–H and O–H groups in total. The summed E-state index contributed by atoms with van der Waals surface area (Å²) in [6.07, 6.45) is 6.29. The molecule has 2 rings (SSSR count). The van der Waals surface area contributed by atoms with Gasteiger partial charge in [-0.1, -0.05) is 18.9 Å². The monoisotopic (exact) mass is 314 g/mol. The second kappa shape index (κ2) is 6.37. The fraction of sp³-hybridized carbons (Fsp3) is 0.571. The summed E-state index contributed by atoms with van der Waals surface area (Å²) < 4.78 is 28.0. The number of thioether (sulfide) groups is 1. The average Bonchev–Trinajstić information content (AvgIpc) is 2.42. The summed E-state index contributed by atoms with van der Waals surface area (Å²) in [5.74, 6) is 0. The van der Waals surface area contributed by atoms with Crippen LogP contribution < -0.4 is 10.5 Å². The van der Waals surface area contributed by atoms with Gasteiger partial charge in [-0.2, -0.15) is 11.8 Å². The molecule has 0 radical (unpaired) electrons. The van der Waals surface area contributed by atoms with Crippen LogP contribution >= 0.6 is 11.8 Å². The Morgan fingerprint density at radius 1 is 1.30 bits per heavy atom. The van der Waals surface area contributed by atoms with Gasteiger partial charge in [-0.25, -0.2) is 13.1 Å². The summed E-state index contributed by atoms with van der Waals surface area (Å²) in [4.78, 5) is 0.294. The molecule has 0 spiro atoms. The van der Waals surface area contributed by atoms with Gasteiger partial charge in [-0.05, 0) is 43.7 Å². The highest BCUT2D eigenvalue weighted by atomic mass is 32.2. The van der Waals surface area contributed by atoms with Crippen molar-refractivity contribution in [1.29, 1.82) is 0 Å². The molecule has 1 aromatic rings. The summed E-state index contributed by atoms with van der Waals surface area (Å²) in [5, 5.41) is 0.361. The number of nitrogen functional groups attached to an aromatic ring is 1. The molecule has 1 aliphatic carbocycles. The summed E-state index contributed by atoms with van der Waals surface area (Å²) in [7, 11) is -3.50. The first-order chi connectivity index (χ1) is 9.45. The van der Waals surface area contributed by atoms with Crippen molar-refractivity contribution in [3.05, 3.63) is 23.8 Å². The fourth-order valence-corrected chi connectivity index (χ4v) is 5.31. The number of nitrogens with one attached hydrogen (secondary N) is 1. The zero-order chi connectivity index (χ0) is 14.8. The first kappa shape index (κ1) is 15.7. The highest BCUT2D eigenvalue weighted by Crippen LogP contribution is 2.29. The Morgan fingerprint density at radius 2 is 2.00 bits per heavy atom. The third-order valence-corrected chi connectivity index (χ3v) is 6.73. The maximum Gasteiger partial charge on any atom is 0.241 e. The van der Waals surface area contributed by atoms with Crippen LogP contribution in [0.15, 0.2) is 23.1 Å². The number of rotatable bonds is 4. The quantitative estimate of drug-likeness (QED) is 0.838. The van der Waals surface area contributed by atoms with Crippen LogP contribution in [0.1, 0.15) is 31.2 Å². The fourth-order valence-electron chi connectivity index (χ4n) is 2.70. The second-order valence-corrected chi connectivity index (χ2v) is 8.02. The van der Waals surface area contributed by atoms with E-state index in [0.29, 0.717) is 21.4 Å². The molecule has 1 aromatic carbocycles. The molecule has 0 aromatic heterocycles. The van der Waals surface area contributed by atoms with Crippen molar-refractivity contribution in [2.75, 3.05) is 12.0 Å². The second-order valence-electron chi connectivity index (χ2n) is 5.26. The van der Waals surface area contributed by atoms with Crippen molar-refractivity contribution in [2.24, 2.45) is 0 Å². The Hall–Kier alpha value is -0.720. The largest absolute Gasteiger partial charge is 0.398 e. The van der Waals surface area contributed by atoms with Gasteiger partial charge in [-0.3, -0.25) is 0 Å². The van der Waals surface area contributed by atoms with Gasteiger partial charge in [0.05, 0.1) is 4.90 Å². The van der Waals surface area contributed by atoms with Crippen molar-refractivity contribution in [3.63, 3.8) is 0 Å². The predicted octanol–water partition coefficient (Wildman–Crippen LogP) is 2.53. The number of hydrogen-bond acceptors (Lipinski definition) is 4. The minimum atomic E-state index is -3.50. The maximum absolute atomic E-state index is 12.6. The van der Waals surface area contributed by atoms with Gasteiger partial charge >= 0.3 is 0 Å². The topological polar surface area (TPSA) is 72.2 Å². The van der Waals surface area contributed by atoms with Crippen molar-refractivity contribution < 1.29 is 8.42 Å². The van der Waals surface area contributed by atoms with E-state index in [1.165, 1.54) is 6.42 Å². The molecule has 2 unspecified atom stereocenters. The standard InChI is InChI=1S/C14H22N2O2S2/c1-10-11(15)6-5-9-14(10)20(17,18)16-12-7-3-4-8-13(12)19-2/h5-6,9,12-13,16H,3-4,7-8,15H2,1-2H3. The predicted molar refractivity (Wildman–Crippen MR) is 85.5 cm³/mol. The molecule has 20 heavy (non-hydrogen) atoms. The first-order valence-electron chi connectivity index (χ1n) is 6.86. The normalized spacial score (nSPS) is 23.7. The Balaban J connectivity index is 2.24. The molecule has 0 amide bonds.